The Morgan fingerprint density at radius 3 is 2.53 bits per heavy atom. The molecular weight excluding hydrogens is 263 g/mol. The fourth-order valence-electron chi connectivity index (χ4n) is 1.14. The quantitative estimate of drug-likeness (QED) is 0.729. The number of azo groups is 1. The molecule has 0 saturated carbocycles. The summed E-state index contributed by atoms with van der Waals surface area (Å²) in [5, 5.41) is 14.9. The number of aromatic amines is 1. The van der Waals surface area contributed by atoms with Gasteiger partial charge in [-0.25, -0.2) is 0 Å². The molecule has 0 amide bonds. The lowest BCUT2D eigenvalue weighted by molar-refractivity contribution is 1.11. The Labute approximate surface area is 107 Å². The number of nitrogens with two attached hydrogens (primary N) is 2. The minimum atomic E-state index is 0.177. The maximum absolute atomic E-state index is 5.93. The van der Waals surface area contributed by atoms with Gasteiger partial charge in [0.2, 0.25) is 0 Å². The van der Waals surface area contributed by atoms with Gasteiger partial charge in [-0.15, -0.1) is 10.2 Å². The molecule has 1 aromatic carbocycles. The topological polar surface area (TPSA) is 105 Å². The van der Waals surface area contributed by atoms with E-state index in [0.29, 0.717) is 15.7 Å². The molecule has 8 heteroatoms. The Hall–Kier alpha value is -1.79. The fourth-order valence-corrected chi connectivity index (χ4v) is 1.58. The lowest BCUT2D eigenvalue weighted by Gasteiger charge is -1.97. The highest BCUT2D eigenvalue weighted by atomic mass is 35.5. The van der Waals surface area contributed by atoms with E-state index < -0.39 is 0 Å². The van der Waals surface area contributed by atoms with Gasteiger partial charge < -0.3 is 11.5 Å². The van der Waals surface area contributed by atoms with E-state index in [2.05, 4.69) is 20.4 Å². The zero-order valence-corrected chi connectivity index (χ0v) is 10.00. The van der Waals surface area contributed by atoms with Crippen LogP contribution in [0.25, 0.3) is 0 Å². The maximum atomic E-state index is 5.93. The van der Waals surface area contributed by atoms with E-state index in [0.717, 1.165) is 0 Å². The molecule has 0 saturated heterocycles. The van der Waals surface area contributed by atoms with E-state index in [1.807, 2.05) is 0 Å². The number of hydrogen-bond acceptors (Lipinski definition) is 5. The second kappa shape index (κ2) is 4.60. The van der Waals surface area contributed by atoms with Crippen LogP contribution >= 0.6 is 23.2 Å². The molecule has 0 aliphatic heterocycles. The van der Waals surface area contributed by atoms with Crippen molar-refractivity contribution in [2.45, 2.75) is 0 Å². The van der Waals surface area contributed by atoms with Crippen LogP contribution in [0, 0.1) is 0 Å². The Morgan fingerprint density at radius 2 is 1.94 bits per heavy atom. The zero-order chi connectivity index (χ0) is 12.4. The van der Waals surface area contributed by atoms with Crippen LogP contribution in [0.4, 0.5) is 23.0 Å². The molecule has 0 aliphatic carbocycles. The Balaban J connectivity index is 2.32. The number of rotatable bonds is 2. The SMILES string of the molecule is Nc1n[nH]c(N)c1N=Nc1ccc(Cl)cc1Cl. The van der Waals surface area contributed by atoms with Crippen molar-refractivity contribution >= 4 is 46.2 Å². The van der Waals surface area contributed by atoms with Crippen LogP contribution in [0.2, 0.25) is 10.0 Å². The number of nitrogens with zero attached hydrogens (tertiary/aromatic N) is 3. The second-order valence-corrected chi connectivity index (χ2v) is 4.01. The number of nitrogen functional groups attached to an aromatic ring is 2. The standard InChI is InChI=1S/C9H8Cl2N6/c10-4-1-2-6(5(11)3-4)14-15-7-8(12)16-17-9(7)13/h1-3H,(H5,12,13,16,17). The summed E-state index contributed by atoms with van der Waals surface area (Å²) in [6.45, 7) is 0. The molecule has 0 radical (unpaired) electrons. The molecule has 0 spiro atoms. The first kappa shape index (κ1) is 11.7. The van der Waals surface area contributed by atoms with Crippen molar-refractivity contribution in [1.29, 1.82) is 0 Å². The predicted octanol–water partition coefficient (Wildman–Crippen LogP) is 3.30. The summed E-state index contributed by atoms with van der Waals surface area (Å²) in [6.07, 6.45) is 0. The zero-order valence-electron chi connectivity index (χ0n) is 8.48. The van der Waals surface area contributed by atoms with Gasteiger partial charge >= 0.3 is 0 Å². The summed E-state index contributed by atoms with van der Waals surface area (Å²) < 4.78 is 0. The van der Waals surface area contributed by atoms with Crippen molar-refractivity contribution in [3.05, 3.63) is 28.2 Å². The third-order valence-corrected chi connectivity index (χ3v) is 2.50. The van der Waals surface area contributed by atoms with Gasteiger partial charge in [0.1, 0.15) is 11.5 Å². The van der Waals surface area contributed by atoms with E-state index in [-0.39, 0.29) is 17.3 Å². The minimum Gasteiger partial charge on any atom is -0.382 e. The van der Waals surface area contributed by atoms with E-state index in [9.17, 15) is 0 Å². The van der Waals surface area contributed by atoms with Gasteiger partial charge in [-0.05, 0) is 18.2 Å². The lowest BCUT2D eigenvalue weighted by atomic mass is 10.3. The summed E-state index contributed by atoms with van der Waals surface area (Å²) in [7, 11) is 0. The van der Waals surface area contributed by atoms with Crippen molar-refractivity contribution in [2.75, 3.05) is 11.5 Å². The van der Waals surface area contributed by atoms with Gasteiger partial charge in [-0.3, -0.25) is 5.10 Å². The summed E-state index contributed by atoms with van der Waals surface area (Å²) >= 11 is 11.7. The van der Waals surface area contributed by atoms with Crippen LogP contribution in [0.5, 0.6) is 0 Å². The second-order valence-electron chi connectivity index (χ2n) is 3.17. The van der Waals surface area contributed by atoms with Crippen LogP contribution in [-0.4, -0.2) is 10.2 Å². The number of halogens is 2. The third kappa shape index (κ3) is 2.48. The summed E-state index contributed by atoms with van der Waals surface area (Å²) in [5.41, 5.74) is 11.9. The Kier molecular flexibility index (Phi) is 3.16. The molecule has 6 nitrogen and oxygen atoms in total. The molecule has 2 rings (SSSR count). The van der Waals surface area contributed by atoms with Gasteiger partial charge in [0.15, 0.2) is 11.5 Å². The normalized spacial score (nSPS) is 11.2. The van der Waals surface area contributed by atoms with E-state index in [4.69, 9.17) is 34.7 Å². The van der Waals surface area contributed by atoms with Crippen LogP contribution in [0.15, 0.2) is 28.4 Å². The van der Waals surface area contributed by atoms with Gasteiger partial charge in [-0.2, -0.15) is 5.10 Å². The van der Waals surface area contributed by atoms with Crippen LogP contribution in [-0.2, 0) is 0 Å². The molecule has 5 N–H and O–H groups in total. The number of benzene rings is 1. The number of anilines is 2. The minimum absolute atomic E-state index is 0.177. The highest BCUT2D eigenvalue weighted by Gasteiger charge is 2.07. The molecule has 0 bridgehead atoms. The number of aromatic nitrogens is 2. The average Bonchev–Trinajstić information content (AvgIpc) is 2.58. The number of hydrogen-bond donors (Lipinski definition) is 3. The molecule has 1 heterocycles. The molecule has 0 atom stereocenters. The van der Waals surface area contributed by atoms with Crippen LogP contribution < -0.4 is 11.5 Å². The lowest BCUT2D eigenvalue weighted by Crippen LogP contribution is -1.84. The van der Waals surface area contributed by atoms with Gasteiger partial charge in [-0.1, -0.05) is 23.2 Å². The largest absolute Gasteiger partial charge is 0.382 e. The van der Waals surface area contributed by atoms with Gasteiger partial charge in [0.05, 0.1) is 5.02 Å². The monoisotopic (exact) mass is 270 g/mol. The molecule has 0 aliphatic rings. The maximum Gasteiger partial charge on any atom is 0.175 e. The summed E-state index contributed by atoms with van der Waals surface area (Å²) in [4.78, 5) is 0. The summed E-state index contributed by atoms with van der Waals surface area (Å²) in [6, 6.07) is 4.87. The first-order valence-electron chi connectivity index (χ1n) is 4.54. The molecule has 88 valence electrons. The van der Waals surface area contributed by atoms with E-state index >= 15 is 0 Å². The number of nitrogens with one attached hydrogen (secondary N) is 1. The number of H-pyrrole nitrogens is 1. The molecule has 1 aromatic heterocycles. The molecule has 2 aromatic rings. The Bertz CT molecular complexity index is 557. The van der Waals surface area contributed by atoms with Crippen molar-refractivity contribution in [3.8, 4) is 0 Å². The van der Waals surface area contributed by atoms with Crippen molar-refractivity contribution in [1.82, 2.24) is 10.2 Å². The molecule has 17 heavy (non-hydrogen) atoms. The van der Waals surface area contributed by atoms with Crippen molar-refractivity contribution in [2.24, 2.45) is 10.2 Å². The van der Waals surface area contributed by atoms with Gasteiger partial charge in [0, 0.05) is 5.02 Å². The third-order valence-electron chi connectivity index (χ3n) is 1.96. The molecular formula is C9H8Cl2N6. The molecule has 0 fully saturated rings. The fraction of sp³-hybridized carbons (Fsp3) is 0. The van der Waals surface area contributed by atoms with Crippen LogP contribution in [0.3, 0.4) is 0 Å². The first-order valence-corrected chi connectivity index (χ1v) is 5.29. The van der Waals surface area contributed by atoms with Crippen molar-refractivity contribution in [3.63, 3.8) is 0 Å². The van der Waals surface area contributed by atoms with Gasteiger partial charge in [0.25, 0.3) is 0 Å². The highest BCUT2D eigenvalue weighted by molar-refractivity contribution is 6.36. The first-order chi connectivity index (χ1) is 8.08. The smallest absolute Gasteiger partial charge is 0.175 e. The van der Waals surface area contributed by atoms with E-state index in [1.54, 1.807) is 18.2 Å². The van der Waals surface area contributed by atoms with Crippen molar-refractivity contribution < 1.29 is 0 Å². The Morgan fingerprint density at radius 1 is 1.18 bits per heavy atom. The predicted molar refractivity (Wildman–Crippen MR) is 68.1 cm³/mol. The van der Waals surface area contributed by atoms with Crippen LogP contribution in [0.1, 0.15) is 0 Å². The highest BCUT2D eigenvalue weighted by Crippen LogP contribution is 2.32. The summed E-state index contributed by atoms with van der Waals surface area (Å²) in [5.74, 6) is 0.424. The average molecular weight is 271 g/mol. The molecule has 0 unspecified atom stereocenters. The van der Waals surface area contributed by atoms with E-state index in [1.165, 1.54) is 0 Å².